The van der Waals surface area contributed by atoms with Crippen LogP contribution in [0, 0.1) is 0 Å². The molecule has 5 heteroatoms. The van der Waals surface area contributed by atoms with E-state index in [9.17, 15) is 4.79 Å². The van der Waals surface area contributed by atoms with Crippen molar-refractivity contribution in [2.75, 3.05) is 20.8 Å². The maximum atomic E-state index is 11.7. The molecule has 0 bridgehead atoms. The molecule has 0 saturated heterocycles. The van der Waals surface area contributed by atoms with E-state index in [1.165, 1.54) is 14.2 Å². The van der Waals surface area contributed by atoms with Crippen molar-refractivity contribution in [3.05, 3.63) is 53.6 Å². The molecule has 0 heterocycles. The lowest BCUT2D eigenvalue weighted by molar-refractivity contribution is 0.0900. The number of Topliss-reactive ketones (excluding diaryl/α,β-unsaturated/α-hetero) is 1. The van der Waals surface area contributed by atoms with Crippen LogP contribution in [0.2, 0.25) is 0 Å². The largest absolute Gasteiger partial charge is 0.492 e. The van der Waals surface area contributed by atoms with Crippen LogP contribution in [0.25, 0.3) is 0 Å². The number of methoxy groups -OCH3 is 2. The molecular formula is C17H18O5. The molecule has 0 atom stereocenters. The second kappa shape index (κ2) is 7.47. The Morgan fingerprint density at radius 2 is 1.68 bits per heavy atom. The quantitative estimate of drug-likeness (QED) is 0.796. The van der Waals surface area contributed by atoms with Crippen molar-refractivity contribution in [2.24, 2.45) is 0 Å². The van der Waals surface area contributed by atoms with E-state index >= 15 is 0 Å². The van der Waals surface area contributed by atoms with Crippen LogP contribution in [0.4, 0.5) is 0 Å². The van der Waals surface area contributed by atoms with Gasteiger partial charge in [-0.3, -0.25) is 4.79 Å². The lowest BCUT2D eigenvalue weighted by Crippen LogP contribution is -2.08. The number of hydrogen-bond acceptors (Lipinski definition) is 5. The standard InChI is InChI=1S/C17H18O5/c1-20-16-13(14(19)10-18)8-9-15(17(16)21-2)22-11-12-6-4-3-5-7-12/h3-9,18H,10-11H2,1-2H3. The number of aliphatic hydroxyl groups excluding tert-OH is 1. The topological polar surface area (TPSA) is 65.0 Å². The van der Waals surface area contributed by atoms with E-state index in [0.717, 1.165) is 5.56 Å². The predicted octanol–water partition coefficient (Wildman–Crippen LogP) is 2.46. The van der Waals surface area contributed by atoms with Crippen LogP contribution in [0.3, 0.4) is 0 Å². The Morgan fingerprint density at radius 1 is 1.00 bits per heavy atom. The number of carbonyl (C=O) groups is 1. The van der Waals surface area contributed by atoms with Gasteiger partial charge in [-0.05, 0) is 17.7 Å². The fraction of sp³-hybridized carbons (Fsp3) is 0.235. The van der Waals surface area contributed by atoms with Crippen LogP contribution in [-0.2, 0) is 6.61 Å². The van der Waals surface area contributed by atoms with Gasteiger partial charge in [0.05, 0.1) is 19.8 Å². The summed E-state index contributed by atoms with van der Waals surface area (Å²) in [5.74, 6) is 0.618. The normalized spacial score (nSPS) is 10.1. The van der Waals surface area contributed by atoms with Crippen molar-refractivity contribution in [3.8, 4) is 17.2 Å². The smallest absolute Gasteiger partial charge is 0.204 e. The molecule has 0 radical (unpaired) electrons. The minimum absolute atomic E-state index is 0.257. The second-order valence-electron chi connectivity index (χ2n) is 4.53. The van der Waals surface area contributed by atoms with E-state index in [2.05, 4.69) is 0 Å². The van der Waals surface area contributed by atoms with Gasteiger partial charge in [0.2, 0.25) is 5.75 Å². The molecule has 0 saturated carbocycles. The van der Waals surface area contributed by atoms with Gasteiger partial charge in [-0.1, -0.05) is 30.3 Å². The third kappa shape index (κ3) is 3.38. The number of ether oxygens (including phenoxy) is 3. The summed E-state index contributed by atoms with van der Waals surface area (Å²) < 4.78 is 16.3. The zero-order chi connectivity index (χ0) is 15.9. The van der Waals surface area contributed by atoms with Crippen molar-refractivity contribution in [2.45, 2.75) is 6.61 Å². The van der Waals surface area contributed by atoms with Gasteiger partial charge >= 0.3 is 0 Å². The highest BCUT2D eigenvalue weighted by Gasteiger charge is 2.20. The highest BCUT2D eigenvalue weighted by molar-refractivity contribution is 6.00. The molecule has 0 fully saturated rings. The number of hydrogen-bond donors (Lipinski definition) is 1. The number of rotatable bonds is 7. The zero-order valence-electron chi connectivity index (χ0n) is 12.5. The molecule has 0 unspecified atom stereocenters. The summed E-state index contributed by atoms with van der Waals surface area (Å²) in [4.78, 5) is 11.7. The van der Waals surface area contributed by atoms with E-state index in [-0.39, 0.29) is 11.3 Å². The first-order valence-electron chi connectivity index (χ1n) is 6.77. The number of aliphatic hydroxyl groups is 1. The van der Waals surface area contributed by atoms with Crippen LogP contribution >= 0.6 is 0 Å². The van der Waals surface area contributed by atoms with Gasteiger partial charge in [0.25, 0.3) is 0 Å². The lowest BCUT2D eigenvalue weighted by atomic mass is 10.1. The van der Waals surface area contributed by atoms with E-state index in [4.69, 9.17) is 19.3 Å². The molecule has 0 aliphatic carbocycles. The summed E-state index contributed by atoms with van der Waals surface area (Å²) in [5.41, 5.74) is 1.27. The summed E-state index contributed by atoms with van der Waals surface area (Å²) in [6.45, 7) is -0.225. The molecule has 0 aromatic heterocycles. The zero-order valence-corrected chi connectivity index (χ0v) is 12.5. The minimum Gasteiger partial charge on any atom is -0.492 e. The Balaban J connectivity index is 2.30. The molecule has 0 aliphatic heterocycles. The van der Waals surface area contributed by atoms with Crippen molar-refractivity contribution in [1.82, 2.24) is 0 Å². The van der Waals surface area contributed by atoms with Crippen molar-refractivity contribution >= 4 is 5.78 Å². The van der Waals surface area contributed by atoms with E-state index < -0.39 is 12.4 Å². The van der Waals surface area contributed by atoms with Gasteiger partial charge in [0, 0.05) is 0 Å². The Morgan fingerprint density at radius 3 is 2.27 bits per heavy atom. The number of benzene rings is 2. The summed E-state index contributed by atoms with van der Waals surface area (Å²) in [6.07, 6.45) is 0. The predicted molar refractivity (Wildman–Crippen MR) is 81.7 cm³/mol. The Hall–Kier alpha value is -2.53. The molecule has 1 N–H and O–H groups in total. The van der Waals surface area contributed by atoms with Gasteiger partial charge in [0.1, 0.15) is 13.2 Å². The summed E-state index contributed by atoms with van der Waals surface area (Å²) in [6, 6.07) is 12.9. The van der Waals surface area contributed by atoms with Crippen LogP contribution < -0.4 is 14.2 Å². The molecule has 5 nitrogen and oxygen atoms in total. The maximum absolute atomic E-state index is 11.7. The molecule has 0 aliphatic rings. The molecule has 22 heavy (non-hydrogen) atoms. The fourth-order valence-electron chi connectivity index (χ4n) is 2.09. The summed E-state index contributed by atoms with van der Waals surface area (Å²) >= 11 is 0. The van der Waals surface area contributed by atoms with Crippen molar-refractivity contribution in [3.63, 3.8) is 0 Å². The van der Waals surface area contributed by atoms with Gasteiger partial charge in [-0.2, -0.15) is 0 Å². The Bertz CT molecular complexity index is 637. The van der Waals surface area contributed by atoms with Gasteiger partial charge in [0.15, 0.2) is 17.3 Å². The molecule has 2 rings (SSSR count). The van der Waals surface area contributed by atoms with Crippen LogP contribution in [-0.4, -0.2) is 31.7 Å². The minimum atomic E-state index is -0.594. The first kappa shape index (κ1) is 15.9. The monoisotopic (exact) mass is 302 g/mol. The third-order valence-electron chi connectivity index (χ3n) is 3.17. The lowest BCUT2D eigenvalue weighted by Gasteiger charge is -2.16. The molecular weight excluding hydrogens is 284 g/mol. The Kier molecular flexibility index (Phi) is 5.38. The van der Waals surface area contributed by atoms with E-state index in [0.29, 0.717) is 18.1 Å². The van der Waals surface area contributed by atoms with Gasteiger partial charge in [-0.25, -0.2) is 0 Å². The maximum Gasteiger partial charge on any atom is 0.204 e. The molecule has 2 aromatic rings. The highest BCUT2D eigenvalue weighted by Crippen LogP contribution is 2.40. The molecule has 0 amide bonds. The Labute approximate surface area is 129 Å². The molecule has 2 aromatic carbocycles. The molecule has 116 valence electrons. The van der Waals surface area contributed by atoms with Crippen molar-refractivity contribution in [1.29, 1.82) is 0 Å². The van der Waals surface area contributed by atoms with Gasteiger partial charge in [-0.15, -0.1) is 0 Å². The van der Waals surface area contributed by atoms with Gasteiger partial charge < -0.3 is 19.3 Å². The van der Waals surface area contributed by atoms with Crippen molar-refractivity contribution < 1.29 is 24.1 Å². The SMILES string of the molecule is COc1c(OCc2ccccc2)ccc(C(=O)CO)c1OC. The highest BCUT2D eigenvalue weighted by atomic mass is 16.5. The van der Waals surface area contributed by atoms with Crippen LogP contribution in [0.5, 0.6) is 17.2 Å². The third-order valence-corrected chi connectivity index (χ3v) is 3.17. The summed E-state index contributed by atoms with van der Waals surface area (Å²) in [5, 5.41) is 9.02. The number of carbonyl (C=O) groups excluding carboxylic acids is 1. The molecule has 0 spiro atoms. The van der Waals surface area contributed by atoms with Crippen LogP contribution in [0.15, 0.2) is 42.5 Å². The van der Waals surface area contributed by atoms with E-state index in [1.807, 2.05) is 30.3 Å². The first-order chi connectivity index (χ1) is 10.7. The average Bonchev–Trinajstić information content (AvgIpc) is 2.59. The van der Waals surface area contributed by atoms with E-state index in [1.54, 1.807) is 12.1 Å². The average molecular weight is 302 g/mol. The van der Waals surface area contributed by atoms with Crippen LogP contribution in [0.1, 0.15) is 15.9 Å². The second-order valence-corrected chi connectivity index (χ2v) is 4.53. The first-order valence-corrected chi connectivity index (χ1v) is 6.77. The number of ketones is 1. The fourth-order valence-corrected chi connectivity index (χ4v) is 2.09. The summed E-state index contributed by atoms with van der Waals surface area (Å²) in [7, 11) is 2.91.